The average Bonchev–Trinajstić information content (AvgIpc) is 2.88. The predicted molar refractivity (Wildman–Crippen MR) is 129 cm³/mol. The Balaban J connectivity index is 1.62. The lowest BCUT2D eigenvalue weighted by Crippen LogP contribution is -2.38. The van der Waals surface area contributed by atoms with Crippen LogP contribution in [0.5, 0.6) is 5.75 Å². The second-order valence-electron chi connectivity index (χ2n) is 8.69. The van der Waals surface area contributed by atoms with Crippen LogP contribution in [0.15, 0.2) is 47.4 Å². The van der Waals surface area contributed by atoms with E-state index < -0.39 is 10.0 Å². The number of nitrogens with one attached hydrogen (secondary N) is 1. The summed E-state index contributed by atoms with van der Waals surface area (Å²) < 4.78 is 34.2. The third kappa shape index (κ3) is 5.33. The lowest BCUT2D eigenvalue weighted by molar-refractivity contribution is 0.0950. The number of benzene rings is 2. The summed E-state index contributed by atoms with van der Waals surface area (Å²) in [6.45, 7) is 3.03. The summed E-state index contributed by atoms with van der Waals surface area (Å²) in [4.78, 5) is 15.4. The Labute approximate surface area is 196 Å². The van der Waals surface area contributed by atoms with Crippen LogP contribution in [0.25, 0.3) is 0 Å². The first-order valence-corrected chi connectivity index (χ1v) is 13.2. The van der Waals surface area contributed by atoms with Crippen LogP contribution in [0, 0.1) is 0 Å². The molecule has 0 radical (unpaired) electrons. The molecular formula is C25H33N3O4S. The molecule has 2 fully saturated rings. The third-order valence-corrected chi connectivity index (χ3v) is 8.41. The fraction of sp³-hybridized carbons (Fsp3) is 0.480. The van der Waals surface area contributed by atoms with E-state index in [1.165, 1.54) is 0 Å². The van der Waals surface area contributed by atoms with E-state index in [4.69, 9.17) is 4.74 Å². The van der Waals surface area contributed by atoms with Crippen LogP contribution in [0.2, 0.25) is 0 Å². The molecule has 178 valence electrons. The fourth-order valence-electron chi connectivity index (χ4n) is 4.63. The standard InChI is InChI=1S/C25H33N3O4S/c1-32-23-11-5-4-10-21(23)19-26-25(29)20-12-13-22(27-14-6-2-7-15-27)24(18-20)33(30,31)28-16-8-3-9-17-28/h4-5,10-13,18H,2-3,6-9,14-17,19H2,1H3,(H,26,29). The summed E-state index contributed by atoms with van der Waals surface area (Å²) in [6, 6.07) is 12.6. The summed E-state index contributed by atoms with van der Waals surface area (Å²) in [5.74, 6) is 0.396. The zero-order valence-corrected chi connectivity index (χ0v) is 20.1. The summed E-state index contributed by atoms with van der Waals surface area (Å²) >= 11 is 0. The van der Waals surface area contributed by atoms with E-state index in [-0.39, 0.29) is 10.8 Å². The van der Waals surface area contributed by atoms with Crippen LogP contribution in [-0.4, -0.2) is 51.9 Å². The highest BCUT2D eigenvalue weighted by Crippen LogP contribution is 2.32. The highest BCUT2D eigenvalue weighted by molar-refractivity contribution is 7.89. The van der Waals surface area contributed by atoms with Crippen molar-refractivity contribution in [3.63, 3.8) is 0 Å². The van der Waals surface area contributed by atoms with E-state index in [1.807, 2.05) is 24.3 Å². The molecule has 0 atom stereocenters. The monoisotopic (exact) mass is 471 g/mol. The zero-order chi connectivity index (χ0) is 23.3. The number of carbonyl (C=O) groups excluding carboxylic acids is 1. The molecule has 0 spiro atoms. The topological polar surface area (TPSA) is 79.0 Å². The maximum atomic E-state index is 13.6. The van der Waals surface area contributed by atoms with Crippen molar-refractivity contribution in [1.82, 2.24) is 9.62 Å². The van der Waals surface area contributed by atoms with Crippen LogP contribution in [-0.2, 0) is 16.6 Å². The maximum absolute atomic E-state index is 13.6. The van der Waals surface area contributed by atoms with Gasteiger partial charge < -0.3 is 15.0 Å². The van der Waals surface area contributed by atoms with Gasteiger partial charge in [0, 0.05) is 43.9 Å². The van der Waals surface area contributed by atoms with Crippen molar-refractivity contribution in [2.24, 2.45) is 0 Å². The Morgan fingerprint density at radius 3 is 2.30 bits per heavy atom. The Hall–Kier alpha value is -2.58. The Morgan fingerprint density at radius 2 is 1.61 bits per heavy atom. The van der Waals surface area contributed by atoms with Crippen molar-refractivity contribution in [2.75, 3.05) is 38.2 Å². The Morgan fingerprint density at radius 1 is 0.939 bits per heavy atom. The van der Waals surface area contributed by atoms with Crippen LogP contribution >= 0.6 is 0 Å². The van der Waals surface area contributed by atoms with E-state index in [2.05, 4.69) is 10.2 Å². The van der Waals surface area contributed by atoms with Crippen molar-refractivity contribution in [1.29, 1.82) is 0 Å². The second kappa shape index (κ2) is 10.6. The number of rotatable bonds is 7. The Bertz CT molecular complexity index is 1070. The van der Waals surface area contributed by atoms with Crippen LogP contribution in [0.3, 0.4) is 0 Å². The molecule has 33 heavy (non-hydrogen) atoms. The minimum Gasteiger partial charge on any atom is -0.496 e. The lowest BCUT2D eigenvalue weighted by atomic mass is 10.1. The summed E-state index contributed by atoms with van der Waals surface area (Å²) in [5, 5.41) is 2.91. The number of methoxy groups -OCH3 is 1. The van der Waals surface area contributed by atoms with Gasteiger partial charge in [0.1, 0.15) is 10.6 Å². The van der Waals surface area contributed by atoms with Gasteiger partial charge in [0.2, 0.25) is 10.0 Å². The molecule has 1 N–H and O–H groups in total. The molecule has 0 aliphatic carbocycles. The van der Waals surface area contributed by atoms with E-state index in [0.29, 0.717) is 36.6 Å². The van der Waals surface area contributed by atoms with Gasteiger partial charge in [-0.05, 0) is 56.4 Å². The fourth-order valence-corrected chi connectivity index (χ4v) is 6.38. The molecule has 0 saturated carbocycles. The average molecular weight is 472 g/mol. The molecule has 2 aromatic carbocycles. The smallest absolute Gasteiger partial charge is 0.251 e. The molecule has 0 unspecified atom stereocenters. The number of hydrogen-bond acceptors (Lipinski definition) is 5. The van der Waals surface area contributed by atoms with E-state index in [1.54, 1.807) is 29.6 Å². The number of piperidine rings is 2. The van der Waals surface area contributed by atoms with Crippen LogP contribution in [0.4, 0.5) is 5.69 Å². The number of sulfonamides is 1. The number of para-hydroxylation sites is 1. The van der Waals surface area contributed by atoms with Crippen LogP contribution in [0.1, 0.15) is 54.4 Å². The number of amides is 1. The van der Waals surface area contributed by atoms with Gasteiger partial charge in [0.25, 0.3) is 5.91 Å². The molecule has 0 bridgehead atoms. The molecule has 0 aromatic heterocycles. The molecule has 8 heteroatoms. The Kier molecular flexibility index (Phi) is 7.55. The number of hydrogen-bond donors (Lipinski definition) is 1. The minimum atomic E-state index is -3.68. The van der Waals surface area contributed by atoms with Crippen molar-refractivity contribution in [3.8, 4) is 5.75 Å². The van der Waals surface area contributed by atoms with Crippen molar-refractivity contribution < 1.29 is 17.9 Å². The van der Waals surface area contributed by atoms with E-state index in [9.17, 15) is 13.2 Å². The highest BCUT2D eigenvalue weighted by Gasteiger charge is 2.31. The molecule has 2 aliphatic rings. The first kappa shape index (κ1) is 23.6. The number of nitrogens with zero attached hydrogens (tertiary/aromatic N) is 2. The van der Waals surface area contributed by atoms with Gasteiger partial charge in [-0.15, -0.1) is 0 Å². The molecule has 2 aliphatic heterocycles. The zero-order valence-electron chi connectivity index (χ0n) is 19.3. The van der Waals surface area contributed by atoms with E-state index >= 15 is 0 Å². The first-order chi connectivity index (χ1) is 16.0. The van der Waals surface area contributed by atoms with Gasteiger partial charge in [-0.2, -0.15) is 4.31 Å². The molecular weight excluding hydrogens is 438 g/mol. The van der Waals surface area contributed by atoms with Gasteiger partial charge >= 0.3 is 0 Å². The third-order valence-electron chi connectivity index (χ3n) is 6.48. The summed E-state index contributed by atoms with van der Waals surface area (Å²) in [6.07, 6.45) is 6.05. The molecule has 7 nitrogen and oxygen atoms in total. The maximum Gasteiger partial charge on any atom is 0.251 e. The highest BCUT2D eigenvalue weighted by atomic mass is 32.2. The summed E-state index contributed by atoms with van der Waals surface area (Å²) in [7, 11) is -2.09. The van der Waals surface area contributed by atoms with E-state index in [0.717, 1.165) is 57.2 Å². The number of carbonyl (C=O) groups is 1. The lowest BCUT2D eigenvalue weighted by Gasteiger charge is -2.33. The number of ether oxygens (including phenoxy) is 1. The van der Waals surface area contributed by atoms with Crippen molar-refractivity contribution in [3.05, 3.63) is 53.6 Å². The molecule has 2 saturated heterocycles. The molecule has 1 amide bonds. The SMILES string of the molecule is COc1ccccc1CNC(=O)c1ccc(N2CCCCC2)c(S(=O)(=O)N2CCCCC2)c1. The molecule has 4 rings (SSSR count). The molecule has 2 heterocycles. The predicted octanol–water partition coefficient (Wildman–Crippen LogP) is 3.79. The van der Waals surface area contributed by atoms with Crippen molar-refractivity contribution in [2.45, 2.75) is 50.0 Å². The van der Waals surface area contributed by atoms with Gasteiger partial charge in [-0.25, -0.2) is 8.42 Å². The first-order valence-electron chi connectivity index (χ1n) is 11.8. The second-order valence-corrected chi connectivity index (χ2v) is 10.6. The normalized spacial score (nSPS) is 17.5. The number of anilines is 1. The van der Waals surface area contributed by atoms with Gasteiger partial charge in [0.15, 0.2) is 0 Å². The van der Waals surface area contributed by atoms with Gasteiger partial charge in [0.05, 0.1) is 12.8 Å². The van der Waals surface area contributed by atoms with Gasteiger partial charge in [-0.1, -0.05) is 24.6 Å². The van der Waals surface area contributed by atoms with Crippen LogP contribution < -0.4 is 15.0 Å². The van der Waals surface area contributed by atoms with Gasteiger partial charge in [-0.3, -0.25) is 4.79 Å². The minimum absolute atomic E-state index is 0.247. The molecule has 2 aromatic rings. The van der Waals surface area contributed by atoms with Crippen molar-refractivity contribution >= 4 is 21.6 Å². The largest absolute Gasteiger partial charge is 0.496 e. The summed E-state index contributed by atoms with van der Waals surface area (Å²) in [5.41, 5.74) is 1.92. The quantitative estimate of drug-likeness (QED) is 0.665.